The Morgan fingerprint density at radius 3 is 2.47 bits per heavy atom. The summed E-state index contributed by atoms with van der Waals surface area (Å²) in [6, 6.07) is 5.39. The molecule has 1 aliphatic carbocycles. The summed E-state index contributed by atoms with van der Waals surface area (Å²) in [6.45, 7) is 2.24. The summed E-state index contributed by atoms with van der Waals surface area (Å²) in [7, 11) is 0. The molecule has 3 heteroatoms. The minimum absolute atomic E-state index is 0.288. The van der Waals surface area contributed by atoms with Crippen molar-refractivity contribution in [3.8, 4) is 0 Å². The molecule has 17 heavy (non-hydrogen) atoms. The first-order chi connectivity index (χ1) is 8.09. The van der Waals surface area contributed by atoms with Gasteiger partial charge in [-0.25, -0.2) is 0 Å². The van der Waals surface area contributed by atoms with E-state index in [0.29, 0.717) is 21.5 Å². The first-order valence-electron chi connectivity index (χ1n) is 6.21. The van der Waals surface area contributed by atoms with E-state index < -0.39 is 6.10 Å². The predicted molar refractivity (Wildman–Crippen MR) is 72.5 cm³/mol. The molecule has 1 saturated carbocycles. The van der Waals surface area contributed by atoms with Gasteiger partial charge in [0.15, 0.2) is 0 Å². The summed E-state index contributed by atoms with van der Waals surface area (Å²) in [5, 5.41) is 11.6. The highest BCUT2D eigenvalue weighted by atomic mass is 35.5. The van der Waals surface area contributed by atoms with Gasteiger partial charge >= 0.3 is 0 Å². The SMILES string of the molecule is CC1CCCC(C(O)c2c(Cl)cccc2Cl)C1. The van der Waals surface area contributed by atoms with Crippen molar-refractivity contribution in [1.82, 2.24) is 0 Å². The molecule has 1 nitrogen and oxygen atoms in total. The number of halogens is 2. The second kappa shape index (κ2) is 5.60. The summed E-state index contributed by atoms with van der Waals surface area (Å²) < 4.78 is 0. The zero-order valence-corrected chi connectivity index (χ0v) is 11.5. The number of hydrogen-bond acceptors (Lipinski definition) is 1. The van der Waals surface area contributed by atoms with Gasteiger partial charge in [-0.15, -0.1) is 0 Å². The van der Waals surface area contributed by atoms with Crippen LogP contribution in [0.2, 0.25) is 10.0 Å². The lowest BCUT2D eigenvalue weighted by molar-refractivity contribution is 0.0715. The van der Waals surface area contributed by atoms with E-state index in [4.69, 9.17) is 23.2 Å². The molecule has 94 valence electrons. The highest BCUT2D eigenvalue weighted by molar-refractivity contribution is 6.36. The molecule has 0 aliphatic heterocycles. The molecule has 1 aromatic rings. The Labute approximate surface area is 113 Å². The molecule has 0 bridgehead atoms. The molecule has 0 radical (unpaired) electrons. The average molecular weight is 273 g/mol. The lowest BCUT2D eigenvalue weighted by Gasteiger charge is -2.31. The maximum Gasteiger partial charge on any atom is 0.0847 e. The quantitative estimate of drug-likeness (QED) is 0.816. The van der Waals surface area contributed by atoms with Crippen molar-refractivity contribution in [3.05, 3.63) is 33.8 Å². The molecule has 2 rings (SSSR count). The molecule has 0 heterocycles. The lowest BCUT2D eigenvalue weighted by atomic mass is 9.78. The van der Waals surface area contributed by atoms with Crippen molar-refractivity contribution in [2.45, 2.75) is 38.7 Å². The van der Waals surface area contributed by atoms with Gasteiger partial charge in [-0.1, -0.05) is 49.0 Å². The first-order valence-corrected chi connectivity index (χ1v) is 6.97. The van der Waals surface area contributed by atoms with Gasteiger partial charge in [-0.3, -0.25) is 0 Å². The summed E-state index contributed by atoms with van der Waals surface area (Å²) >= 11 is 12.3. The molecule has 1 aliphatic rings. The molecular formula is C14H18Cl2O. The Balaban J connectivity index is 2.21. The van der Waals surface area contributed by atoms with E-state index in [0.717, 1.165) is 12.8 Å². The maximum absolute atomic E-state index is 10.5. The van der Waals surface area contributed by atoms with Gasteiger partial charge in [-0.2, -0.15) is 0 Å². The van der Waals surface area contributed by atoms with Crippen molar-refractivity contribution in [1.29, 1.82) is 0 Å². The van der Waals surface area contributed by atoms with Crippen LogP contribution in [0, 0.1) is 11.8 Å². The fraction of sp³-hybridized carbons (Fsp3) is 0.571. The van der Waals surface area contributed by atoms with Crippen LogP contribution >= 0.6 is 23.2 Å². The highest BCUT2D eigenvalue weighted by Gasteiger charge is 2.28. The number of hydrogen-bond donors (Lipinski definition) is 1. The normalized spacial score (nSPS) is 26.8. The smallest absolute Gasteiger partial charge is 0.0847 e. The molecular weight excluding hydrogens is 255 g/mol. The standard InChI is InChI=1S/C14H18Cl2O/c1-9-4-2-5-10(8-9)14(17)13-11(15)6-3-7-12(13)16/h3,6-7,9-10,14,17H,2,4-5,8H2,1H3. The number of aliphatic hydroxyl groups is 1. The van der Waals surface area contributed by atoms with Gasteiger partial charge in [0.25, 0.3) is 0 Å². The van der Waals surface area contributed by atoms with Crippen LogP contribution < -0.4 is 0 Å². The molecule has 1 aromatic carbocycles. The first kappa shape index (κ1) is 13.2. The molecule has 1 fully saturated rings. The predicted octanol–water partition coefficient (Wildman–Crippen LogP) is 4.85. The molecule has 0 saturated heterocycles. The van der Waals surface area contributed by atoms with E-state index in [9.17, 15) is 5.11 Å². The Bertz CT molecular complexity index is 372. The van der Waals surface area contributed by atoms with E-state index in [2.05, 4.69) is 6.92 Å². The van der Waals surface area contributed by atoms with Crippen LogP contribution in [0.1, 0.15) is 44.3 Å². The third kappa shape index (κ3) is 2.96. The summed E-state index contributed by atoms with van der Waals surface area (Å²) in [5.74, 6) is 0.973. The minimum Gasteiger partial charge on any atom is -0.388 e. The zero-order valence-electron chi connectivity index (χ0n) is 10.00. The van der Waals surface area contributed by atoms with E-state index in [1.807, 2.05) is 6.07 Å². The molecule has 1 N–H and O–H groups in total. The fourth-order valence-corrected chi connectivity index (χ4v) is 3.42. The Hall–Kier alpha value is -0.240. The van der Waals surface area contributed by atoms with Crippen LogP contribution in [0.15, 0.2) is 18.2 Å². The van der Waals surface area contributed by atoms with Crippen molar-refractivity contribution in [2.24, 2.45) is 11.8 Å². The van der Waals surface area contributed by atoms with Crippen molar-refractivity contribution < 1.29 is 5.11 Å². The molecule has 0 aromatic heterocycles. The van der Waals surface area contributed by atoms with Gasteiger partial charge in [0, 0.05) is 15.6 Å². The van der Waals surface area contributed by atoms with Crippen LogP contribution in [0.5, 0.6) is 0 Å². The molecule has 0 spiro atoms. The Kier molecular flexibility index (Phi) is 4.35. The zero-order chi connectivity index (χ0) is 12.4. The second-order valence-electron chi connectivity index (χ2n) is 5.11. The Morgan fingerprint density at radius 2 is 1.88 bits per heavy atom. The van der Waals surface area contributed by atoms with E-state index in [1.165, 1.54) is 12.8 Å². The second-order valence-corrected chi connectivity index (χ2v) is 5.93. The summed E-state index contributed by atoms with van der Waals surface area (Å²) in [4.78, 5) is 0. The molecule has 3 atom stereocenters. The van der Waals surface area contributed by atoms with Gasteiger partial charge < -0.3 is 5.11 Å². The molecule has 0 amide bonds. The van der Waals surface area contributed by atoms with E-state index in [-0.39, 0.29) is 5.92 Å². The fourth-order valence-electron chi connectivity index (χ4n) is 2.80. The van der Waals surface area contributed by atoms with Crippen molar-refractivity contribution in [2.75, 3.05) is 0 Å². The average Bonchev–Trinajstić information content (AvgIpc) is 2.28. The van der Waals surface area contributed by atoms with Gasteiger partial charge in [-0.05, 0) is 36.8 Å². The highest BCUT2D eigenvalue weighted by Crippen LogP contribution is 2.41. The van der Waals surface area contributed by atoms with Crippen LogP contribution in [0.25, 0.3) is 0 Å². The number of rotatable bonds is 2. The largest absolute Gasteiger partial charge is 0.388 e. The van der Waals surface area contributed by atoms with Gasteiger partial charge in [0.05, 0.1) is 6.10 Å². The number of benzene rings is 1. The van der Waals surface area contributed by atoms with E-state index in [1.54, 1.807) is 12.1 Å². The number of aliphatic hydroxyl groups excluding tert-OH is 1. The summed E-state index contributed by atoms with van der Waals surface area (Å²) in [5.41, 5.74) is 0.704. The minimum atomic E-state index is -0.529. The van der Waals surface area contributed by atoms with Crippen LogP contribution in [-0.2, 0) is 0 Å². The van der Waals surface area contributed by atoms with Crippen LogP contribution in [-0.4, -0.2) is 5.11 Å². The Morgan fingerprint density at radius 1 is 1.24 bits per heavy atom. The third-order valence-corrected chi connectivity index (χ3v) is 4.38. The van der Waals surface area contributed by atoms with Crippen LogP contribution in [0.3, 0.4) is 0 Å². The van der Waals surface area contributed by atoms with Gasteiger partial charge in [0.2, 0.25) is 0 Å². The topological polar surface area (TPSA) is 20.2 Å². The summed E-state index contributed by atoms with van der Waals surface area (Å²) in [6.07, 6.45) is 4.04. The maximum atomic E-state index is 10.5. The monoisotopic (exact) mass is 272 g/mol. The molecule has 3 unspecified atom stereocenters. The third-order valence-electron chi connectivity index (χ3n) is 3.72. The van der Waals surface area contributed by atoms with E-state index >= 15 is 0 Å². The van der Waals surface area contributed by atoms with Crippen molar-refractivity contribution in [3.63, 3.8) is 0 Å². The van der Waals surface area contributed by atoms with Crippen LogP contribution in [0.4, 0.5) is 0 Å². The van der Waals surface area contributed by atoms with Crippen molar-refractivity contribution >= 4 is 23.2 Å². The van der Waals surface area contributed by atoms with Gasteiger partial charge in [0.1, 0.15) is 0 Å². The lowest BCUT2D eigenvalue weighted by Crippen LogP contribution is -2.20.